The molecule has 3 aromatic rings. The second-order valence-corrected chi connectivity index (χ2v) is 9.59. The first-order valence-electron chi connectivity index (χ1n) is 8.96. The predicted octanol–water partition coefficient (Wildman–Crippen LogP) is 1.89. The first-order chi connectivity index (χ1) is 13.7. The second kappa shape index (κ2) is 7.15. The Morgan fingerprint density at radius 2 is 2.00 bits per heavy atom. The molecular formula is C18H19BrN6O3S. The Morgan fingerprint density at radius 1 is 1.24 bits per heavy atom. The van der Waals surface area contributed by atoms with Crippen LogP contribution in [0.5, 0.6) is 0 Å². The van der Waals surface area contributed by atoms with E-state index in [1.54, 1.807) is 4.52 Å². The van der Waals surface area contributed by atoms with Crippen molar-refractivity contribution < 1.29 is 13.2 Å². The number of rotatable bonds is 4. The molecule has 1 aliphatic rings. The Morgan fingerprint density at radius 3 is 2.72 bits per heavy atom. The number of amides is 1. The Labute approximate surface area is 176 Å². The summed E-state index contributed by atoms with van der Waals surface area (Å²) < 4.78 is 30.9. The number of hydrogen-bond donors (Lipinski definition) is 1. The smallest absolute Gasteiger partial charge is 0.252 e. The Kier molecular flexibility index (Phi) is 4.91. The molecule has 9 nitrogen and oxygen atoms in total. The van der Waals surface area contributed by atoms with Crippen molar-refractivity contribution in [3.05, 3.63) is 45.4 Å². The number of carbonyl (C=O) groups is 1. The summed E-state index contributed by atoms with van der Waals surface area (Å²) in [4.78, 5) is 22.1. The van der Waals surface area contributed by atoms with Crippen LogP contribution in [0.4, 0.5) is 5.69 Å². The van der Waals surface area contributed by atoms with Gasteiger partial charge >= 0.3 is 0 Å². The van der Waals surface area contributed by atoms with Crippen LogP contribution >= 0.6 is 15.9 Å². The number of benzene rings is 1. The number of sulfonamides is 1. The summed E-state index contributed by atoms with van der Waals surface area (Å²) >= 11 is 3.37. The van der Waals surface area contributed by atoms with E-state index in [2.05, 4.69) is 35.7 Å². The maximum absolute atomic E-state index is 13.1. The Hall–Kier alpha value is -2.37. The number of aryl methyl sites for hydroxylation is 2. The quantitative estimate of drug-likeness (QED) is 0.612. The van der Waals surface area contributed by atoms with Crippen LogP contribution in [0.1, 0.15) is 29.7 Å². The second-order valence-electron chi connectivity index (χ2n) is 6.94. The van der Waals surface area contributed by atoms with E-state index in [-0.39, 0.29) is 17.3 Å². The SMILES string of the molecule is CC(=O)N1CCc2cc(Br)cc(S(=O)(=O)NCc3nc4nc(C)cc(C)n4n3)c21. The van der Waals surface area contributed by atoms with Gasteiger partial charge in [0.2, 0.25) is 15.9 Å². The summed E-state index contributed by atoms with van der Waals surface area (Å²) in [7, 11) is -3.91. The molecule has 152 valence electrons. The lowest BCUT2D eigenvalue weighted by atomic mass is 10.2. The first kappa shape index (κ1) is 19.9. The highest BCUT2D eigenvalue weighted by molar-refractivity contribution is 9.10. The van der Waals surface area contributed by atoms with Gasteiger partial charge in [0.25, 0.3) is 5.78 Å². The van der Waals surface area contributed by atoms with Gasteiger partial charge in [0.15, 0.2) is 5.82 Å². The summed E-state index contributed by atoms with van der Waals surface area (Å²) in [5, 5.41) is 4.33. The summed E-state index contributed by atoms with van der Waals surface area (Å²) in [5.41, 5.74) is 2.92. The fourth-order valence-corrected chi connectivity index (χ4v) is 5.42. The zero-order chi connectivity index (χ0) is 20.9. The molecule has 29 heavy (non-hydrogen) atoms. The van der Waals surface area contributed by atoms with E-state index in [1.807, 2.05) is 26.0 Å². The highest BCUT2D eigenvalue weighted by Crippen LogP contribution is 2.37. The number of carbonyl (C=O) groups excluding carboxylic acids is 1. The molecule has 1 aromatic carbocycles. The molecule has 0 bridgehead atoms. The van der Waals surface area contributed by atoms with Crippen molar-refractivity contribution in [2.75, 3.05) is 11.4 Å². The number of anilines is 1. The molecule has 1 N–H and O–H groups in total. The normalized spacial score (nSPS) is 13.9. The fraction of sp³-hybridized carbons (Fsp3) is 0.333. The molecular weight excluding hydrogens is 460 g/mol. The van der Waals surface area contributed by atoms with E-state index < -0.39 is 10.0 Å². The van der Waals surface area contributed by atoms with Crippen molar-refractivity contribution >= 4 is 43.3 Å². The number of fused-ring (bicyclic) bond motifs is 2. The van der Waals surface area contributed by atoms with Gasteiger partial charge in [0.05, 0.1) is 12.2 Å². The third kappa shape index (κ3) is 3.65. The van der Waals surface area contributed by atoms with Crippen molar-refractivity contribution in [2.24, 2.45) is 0 Å². The van der Waals surface area contributed by atoms with E-state index in [4.69, 9.17) is 0 Å². The lowest BCUT2D eigenvalue weighted by molar-refractivity contribution is -0.116. The van der Waals surface area contributed by atoms with E-state index in [9.17, 15) is 13.2 Å². The van der Waals surface area contributed by atoms with Crippen LogP contribution < -0.4 is 9.62 Å². The van der Waals surface area contributed by atoms with Crippen molar-refractivity contribution in [3.63, 3.8) is 0 Å². The standard InChI is InChI=1S/C18H19BrN6O3S/c1-10-6-11(2)25-18(21-10)22-16(23-25)9-20-29(27,28)15-8-14(19)7-13-4-5-24(12(3)26)17(13)15/h6-8,20H,4-5,9H2,1-3H3. The molecule has 0 radical (unpaired) electrons. The van der Waals surface area contributed by atoms with Gasteiger partial charge in [-0.3, -0.25) is 4.79 Å². The number of nitrogens with one attached hydrogen (secondary N) is 1. The maximum atomic E-state index is 13.1. The fourth-order valence-electron chi connectivity index (χ4n) is 3.51. The summed E-state index contributed by atoms with van der Waals surface area (Å²) in [6.07, 6.45) is 0.606. The van der Waals surface area contributed by atoms with Gasteiger partial charge in [-0.1, -0.05) is 15.9 Å². The van der Waals surface area contributed by atoms with Crippen LogP contribution in [-0.2, 0) is 27.8 Å². The number of halogens is 1. The van der Waals surface area contributed by atoms with Crippen LogP contribution in [0, 0.1) is 13.8 Å². The molecule has 1 amide bonds. The Balaban J connectivity index is 1.67. The van der Waals surface area contributed by atoms with Gasteiger partial charge in [-0.15, -0.1) is 5.10 Å². The van der Waals surface area contributed by atoms with Gasteiger partial charge in [0.1, 0.15) is 4.90 Å². The lowest BCUT2D eigenvalue weighted by Crippen LogP contribution is -2.30. The molecule has 11 heteroatoms. The first-order valence-corrected chi connectivity index (χ1v) is 11.2. The largest absolute Gasteiger partial charge is 0.311 e. The van der Waals surface area contributed by atoms with Crippen molar-refractivity contribution in [2.45, 2.75) is 38.6 Å². The van der Waals surface area contributed by atoms with E-state index in [0.717, 1.165) is 17.0 Å². The molecule has 3 heterocycles. The maximum Gasteiger partial charge on any atom is 0.252 e. The zero-order valence-corrected chi connectivity index (χ0v) is 18.5. The van der Waals surface area contributed by atoms with E-state index >= 15 is 0 Å². The number of hydrogen-bond acceptors (Lipinski definition) is 6. The molecule has 0 atom stereocenters. The summed E-state index contributed by atoms with van der Waals surface area (Å²) in [6, 6.07) is 5.23. The van der Waals surface area contributed by atoms with Crippen LogP contribution in [0.25, 0.3) is 5.78 Å². The van der Waals surface area contributed by atoms with Gasteiger partial charge in [-0.2, -0.15) is 4.98 Å². The number of nitrogens with zero attached hydrogens (tertiary/aromatic N) is 5. The summed E-state index contributed by atoms with van der Waals surface area (Å²) in [6.45, 7) is 5.54. The third-order valence-corrected chi connectivity index (χ3v) is 6.62. The van der Waals surface area contributed by atoms with Gasteiger partial charge in [-0.25, -0.2) is 22.6 Å². The predicted molar refractivity (Wildman–Crippen MR) is 110 cm³/mol. The molecule has 0 saturated carbocycles. The van der Waals surface area contributed by atoms with Gasteiger partial charge in [0, 0.05) is 29.3 Å². The Bertz CT molecular complexity index is 1250. The lowest BCUT2D eigenvalue weighted by Gasteiger charge is -2.19. The van der Waals surface area contributed by atoms with Gasteiger partial charge < -0.3 is 4.90 Å². The van der Waals surface area contributed by atoms with Crippen LogP contribution in [-0.4, -0.2) is 40.5 Å². The minimum Gasteiger partial charge on any atom is -0.311 e. The minimum absolute atomic E-state index is 0.0588. The molecule has 0 spiro atoms. The molecule has 0 aliphatic carbocycles. The van der Waals surface area contributed by atoms with Gasteiger partial charge in [-0.05, 0) is 44.0 Å². The van der Waals surface area contributed by atoms with E-state index in [0.29, 0.717) is 34.7 Å². The topological polar surface area (TPSA) is 110 Å². The molecule has 0 fully saturated rings. The van der Waals surface area contributed by atoms with Crippen molar-refractivity contribution in [1.29, 1.82) is 0 Å². The molecule has 1 aliphatic heterocycles. The average molecular weight is 479 g/mol. The minimum atomic E-state index is -3.91. The molecule has 0 saturated heterocycles. The molecule has 0 unspecified atom stereocenters. The zero-order valence-electron chi connectivity index (χ0n) is 16.1. The van der Waals surface area contributed by atoms with E-state index in [1.165, 1.54) is 17.9 Å². The monoisotopic (exact) mass is 478 g/mol. The number of aromatic nitrogens is 4. The van der Waals surface area contributed by atoms with Crippen molar-refractivity contribution in [3.8, 4) is 0 Å². The summed E-state index contributed by atoms with van der Waals surface area (Å²) in [5.74, 6) is 0.536. The van der Waals surface area contributed by atoms with Crippen LogP contribution in [0.2, 0.25) is 0 Å². The van der Waals surface area contributed by atoms with Crippen LogP contribution in [0.15, 0.2) is 27.6 Å². The average Bonchev–Trinajstić information content (AvgIpc) is 3.23. The third-order valence-electron chi connectivity index (χ3n) is 4.75. The molecule has 2 aromatic heterocycles. The van der Waals surface area contributed by atoms with Crippen LogP contribution in [0.3, 0.4) is 0 Å². The molecule has 4 rings (SSSR count). The highest BCUT2D eigenvalue weighted by atomic mass is 79.9. The highest BCUT2D eigenvalue weighted by Gasteiger charge is 2.31. The van der Waals surface area contributed by atoms with Crippen molar-refractivity contribution in [1.82, 2.24) is 24.3 Å².